The van der Waals surface area contributed by atoms with Gasteiger partial charge in [0.25, 0.3) is 10.0 Å². The lowest BCUT2D eigenvalue weighted by Gasteiger charge is -2.20. The highest BCUT2D eigenvalue weighted by molar-refractivity contribution is 14.1. The molecule has 0 spiro atoms. The number of carbonyl (C=O) groups is 1. The lowest BCUT2D eigenvalue weighted by Crippen LogP contribution is -2.37. The number of nitrogens with two attached hydrogens (primary N) is 1. The Morgan fingerprint density at radius 1 is 0.439 bits per heavy atom. The number of hydrogen-bond acceptors (Lipinski definition) is 28. The number of hydrogen-bond donors (Lipinski definition) is 3. The Labute approximate surface area is 684 Å². The van der Waals surface area contributed by atoms with Crippen molar-refractivity contribution in [2.24, 2.45) is 0 Å². The predicted octanol–water partition coefficient (Wildman–Crippen LogP) is 16.2. The quantitative estimate of drug-likeness (QED) is 0.00663. The molecular weight excluding hydrogens is 1620 g/mol. The summed E-state index contributed by atoms with van der Waals surface area (Å²) in [5, 5.41) is 61.0. The van der Waals surface area contributed by atoms with Crippen LogP contribution < -0.4 is 39.0 Å². The minimum Gasteiger partial charge on any atom is -0.397 e. The zero-order valence-electron chi connectivity index (χ0n) is 64.3. The SMILES string of the molecule is C.C=C(I)OOCC[n+]1c(/C=C/c2ccc(N(CC)CC)c3nonc23)sc2ccccc21.CCN(CC)c1ccc(/C=C/c2sc3ccccc3[n+]2CCO)c2nonc12.CCN(CC)c1ccc(C=O)c2nonc12.CCN(CC)c1cccc2nonc12.Cc1sc2ccccc2[n+]1CCO.Nc1cccc2nonc12. The maximum Gasteiger partial charge on any atom is 0.262 e. The number of halogens is 1. The van der Waals surface area contributed by atoms with Gasteiger partial charge >= 0.3 is 0 Å². The third kappa shape index (κ3) is 20.0. The number of aryl methyl sites for hydroxylation is 1. The number of anilines is 5. The van der Waals surface area contributed by atoms with Crippen LogP contribution in [0.25, 0.3) is 110 Å². The second-order valence-corrected chi connectivity index (χ2v) is 29.4. The summed E-state index contributed by atoms with van der Waals surface area (Å²) >= 11 is 7.17. The standard InChI is InChI=1S/C23H24IN4O3S.C21H23N4O2S.C11H13N3O2.C10H13N3O.C10H12NOS.C6H5N3O.CH4/c1-4-27(5-2)19-12-10-17(22-23(19)26-31-25-22)11-13-21-28(14-15-29-30-16(3)24)18-8-6-7-9-20(18)32-21;1-3-24(4-2)17-11-9-15(20-21(17)23-27-22-20)10-12-19-25(13-14-26)16-7-5-6-8-18(16)28-19;1-3-14(4-2)9-6-5-8(7-15)10-11(9)13-16-12-10;1-3-13(4-2)9-7-5-6-8-10(9)12-14-11-8;1-8-11(6-7-12)9-4-2-3-5-10(9)13-8;7-4-2-1-3-5-6(4)9-10-8-5;/h6-13H,3-5,14-15H2,1-2H3;5-12,26H,3-4,13-14H2,1-2H3;5-7H,3-4H2,1-2H3;5-7H,3-4H2,1-2H3;2-5,12H,6-7H2,1H3;1-3H,7H2;1H4/q2*+1;;;+1;;. The van der Waals surface area contributed by atoms with E-state index in [-0.39, 0.29) is 20.6 Å². The zero-order chi connectivity index (χ0) is 79.8. The number of nitrogen functional groups attached to an aromatic ring is 1. The fraction of sp³-hybridized carbons (Fsp3) is 0.293. The van der Waals surface area contributed by atoms with Crippen LogP contribution in [0.2, 0.25) is 0 Å². The topological polar surface area (TPSA) is 321 Å². The van der Waals surface area contributed by atoms with Crippen LogP contribution >= 0.6 is 56.6 Å². The minimum atomic E-state index is 0. The average Bonchev–Trinajstić information content (AvgIpc) is 1.61. The second kappa shape index (κ2) is 42.0. The first-order chi connectivity index (χ1) is 55.3. The van der Waals surface area contributed by atoms with Gasteiger partial charge in [-0.05, 0) is 192 Å². The normalized spacial score (nSPS) is 11.1. The van der Waals surface area contributed by atoms with Gasteiger partial charge in [-0.3, -0.25) is 4.79 Å². The molecule has 0 aliphatic heterocycles. The Hall–Kier alpha value is -11.3. The van der Waals surface area contributed by atoms with E-state index in [2.05, 4.69) is 237 Å². The molecule has 0 atom stereocenters. The smallest absolute Gasteiger partial charge is 0.262 e. The van der Waals surface area contributed by atoms with Crippen LogP contribution in [0.3, 0.4) is 0 Å². The molecular formula is C82H94IN18O10S3+3. The van der Waals surface area contributed by atoms with E-state index in [1.807, 2.05) is 95.4 Å². The number of thiazole rings is 3. The summed E-state index contributed by atoms with van der Waals surface area (Å²) in [5.41, 5.74) is 23.4. The molecule has 0 saturated carbocycles. The van der Waals surface area contributed by atoms with Crippen LogP contribution in [-0.4, -0.2) is 140 Å². The van der Waals surface area contributed by atoms with Crippen molar-refractivity contribution < 1.29 is 61.6 Å². The van der Waals surface area contributed by atoms with Crippen LogP contribution in [0.5, 0.6) is 0 Å². The molecule has 0 radical (unpaired) electrons. The van der Waals surface area contributed by atoms with Crippen LogP contribution in [0.15, 0.2) is 179 Å². The van der Waals surface area contributed by atoms with E-state index < -0.39 is 0 Å². The van der Waals surface area contributed by atoms with Crippen molar-refractivity contribution in [3.63, 3.8) is 0 Å². The van der Waals surface area contributed by atoms with E-state index >= 15 is 0 Å². The molecule has 0 fully saturated rings. The summed E-state index contributed by atoms with van der Waals surface area (Å²) in [7, 11) is 0. The van der Waals surface area contributed by atoms with Crippen LogP contribution in [0.4, 0.5) is 28.4 Å². The van der Waals surface area contributed by atoms with Crippen molar-refractivity contribution in [2.45, 2.75) is 89.4 Å². The van der Waals surface area contributed by atoms with Crippen molar-refractivity contribution in [3.8, 4) is 0 Å². The third-order valence-corrected chi connectivity index (χ3v) is 22.0. The highest BCUT2D eigenvalue weighted by Crippen LogP contribution is 2.33. The molecule has 4 N–H and O–H groups in total. The maximum absolute atomic E-state index is 10.8. The first-order valence-electron chi connectivity index (χ1n) is 37.1. The number of aliphatic hydroxyl groups is 2. The molecule has 16 rings (SSSR count). The molecule has 8 aromatic carbocycles. The molecule has 0 unspecified atom stereocenters. The molecule has 8 heterocycles. The Kier molecular flexibility index (Phi) is 31.4. The van der Waals surface area contributed by atoms with Gasteiger partial charge in [0.1, 0.15) is 54.9 Å². The summed E-state index contributed by atoms with van der Waals surface area (Å²) in [6, 6.07) is 48.0. The molecule has 0 aliphatic carbocycles. The summed E-state index contributed by atoms with van der Waals surface area (Å²) in [6.07, 6.45) is 9.03. The van der Waals surface area contributed by atoms with Crippen molar-refractivity contribution in [2.75, 3.05) is 97.5 Å². The van der Waals surface area contributed by atoms with Crippen molar-refractivity contribution in [1.29, 1.82) is 0 Å². The molecule has 0 amide bonds. The predicted molar refractivity (Wildman–Crippen MR) is 463 cm³/mol. The largest absolute Gasteiger partial charge is 0.397 e. The fourth-order valence-electron chi connectivity index (χ4n) is 12.9. The van der Waals surface area contributed by atoms with Crippen LogP contribution in [-0.2, 0) is 29.4 Å². The monoisotopic (exact) mass is 1710 g/mol. The lowest BCUT2D eigenvalue weighted by atomic mass is 10.1. The van der Waals surface area contributed by atoms with Gasteiger partial charge in [-0.2, -0.15) is 18.6 Å². The van der Waals surface area contributed by atoms with Gasteiger partial charge in [-0.25, -0.2) is 23.1 Å². The molecule has 114 heavy (non-hydrogen) atoms. The number of aliphatic hydroxyl groups excluding tert-OH is 2. The summed E-state index contributed by atoms with van der Waals surface area (Å²) in [6.45, 7) is 32.5. The molecule has 16 aromatic rings. The van der Waals surface area contributed by atoms with Gasteiger partial charge in [0, 0.05) is 129 Å². The number of rotatable bonds is 26. The minimum absolute atomic E-state index is 0. The number of benzene rings is 8. The van der Waals surface area contributed by atoms with Crippen molar-refractivity contribution >= 4 is 201 Å². The summed E-state index contributed by atoms with van der Waals surface area (Å²) in [5.74, 6) is 0. The van der Waals surface area contributed by atoms with E-state index in [0.29, 0.717) is 63.3 Å². The summed E-state index contributed by atoms with van der Waals surface area (Å²) in [4.78, 5) is 30.0. The van der Waals surface area contributed by atoms with Crippen LogP contribution in [0, 0.1) is 6.92 Å². The Morgan fingerprint density at radius 2 is 0.798 bits per heavy atom. The number of aldehydes is 1. The molecule has 0 saturated heterocycles. The van der Waals surface area contributed by atoms with E-state index in [1.54, 1.807) is 52.2 Å². The van der Waals surface area contributed by atoms with E-state index in [9.17, 15) is 9.90 Å². The molecule has 32 heteroatoms. The van der Waals surface area contributed by atoms with Gasteiger partial charge in [0.15, 0.2) is 63.9 Å². The van der Waals surface area contributed by atoms with Crippen LogP contribution in [0.1, 0.15) is 99.3 Å². The number of carbonyl (C=O) groups excluding carboxylic acids is 1. The summed E-state index contributed by atoms with van der Waals surface area (Å²) < 4.78 is 34.7. The number of aromatic nitrogens is 13. The van der Waals surface area contributed by atoms with E-state index in [4.69, 9.17) is 39.1 Å². The molecule has 0 bridgehead atoms. The number of nitrogens with zero attached hydrogens (tertiary/aromatic N) is 17. The lowest BCUT2D eigenvalue weighted by molar-refractivity contribution is -0.674. The average molecular weight is 1710 g/mol. The highest BCUT2D eigenvalue weighted by atomic mass is 127. The van der Waals surface area contributed by atoms with Crippen molar-refractivity contribution in [3.05, 3.63) is 188 Å². The molecule has 8 aromatic heterocycles. The Balaban J connectivity index is 0.000000152. The van der Waals surface area contributed by atoms with E-state index in [0.717, 1.165) is 147 Å². The van der Waals surface area contributed by atoms with Gasteiger partial charge in [0.2, 0.25) is 21.6 Å². The fourth-order valence-corrected chi connectivity index (χ4v) is 16.2. The third-order valence-electron chi connectivity index (χ3n) is 18.5. The second-order valence-electron chi connectivity index (χ2n) is 24.8. The van der Waals surface area contributed by atoms with Gasteiger partial charge in [-0.1, -0.05) is 102 Å². The Bertz CT molecular complexity index is 5830. The maximum atomic E-state index is 10.8. The van der Waals surface area contributed by atoms with E-state index in [1.165, 1.54) is 24.6 Å². The van der Waals surface area contributed by atoms with Gasteiger partial charge < -0.3 is 40.4 Å². The first kappa shape index (κ1) is 85.2. The Morgan fingerprint density at radius 3 is 1.24 bits per heavy atom. The number of fused-ring (bicyclic) bond motifs is 8. The first-order valence-corrected chi connectivity index (χ1v) is 40.6. The van der Waals surface area contributed by atoms with Gasteiger partial charge in [-0.15, -0.1) is 0 Å². The molecule has 0 aliphatic rings. The highest BCUT2D eigenvalue weighted by Gasteiger charge is 2.23. The molecule has 594 valence electrons. The molecule has 28 nitrogen and oxygen atoms in total. The zero-order valence-corrected chi connectivity index (χ0v) is 68.9. The van der Waals surface area contributed by atoms with Crippen molar-refractivity contribution in [1.82, 2.24) is 51.6 Å². The van der Waals surface area contributed by atoms with Gasteiger partial charge in [0.05, 0.1) is 28.4 Å². The number of para-hydroxylation sites is 3.